The van der Waals surface area contributed by atoms with Gasteiger partial charge in [0.2, 0.25) is 5.91 Å². The van der Waals surface area contributed by atoms with Crippen LogP contribution in [0.25, 0.3) is 11.0 Å². The van der Waals surface area contributed by atoms with Crippen molar-refractivity contribution in [1.29, 1.82) is 0 Å². The second-order valence-electron chi connectivity index (χ2n) is 5.81. The zero-order chi connectivity index (χ0) is 16.9. The predicted octanol–water partition coefficient (Wildman–Crippen LogP) is 3.71. The summed E-state index contributed by atoms with van der Waals surface area (Å²) in [5, 5.41) is 2.87. The van der Waals surface area contributed by atoms with Gasteiger partial charge in [0.15, 0.2) is 0 Å². The number of para-hydroxylation sites is 2. The number of hydrogen-bond donors (Lipinski definition) is 2. The maximum atomic E-state index is 12.2. The van der Waals surface area contributed by atoms with Gasteiger partial charge >= 0.3 is 0 Å². The Morgan fingerprint density at radius 1 is 1.21 bits per heavy atom. The van der Waals surface area contributed by atoms with Crippen molar-refractivity contribution in [3.63, 3.8) is 0 Å². The number of aromatic amines is 1. The van der Waals surface area contributed by atoms with E-state index >= 15 is 0 Å². The molecule has 0 saturated carbocycles. The number of hydrogen-bond acceptors (Lipinski definition) is 3. The molecule has 2 aromatic carbocycles. The Bertz CT molecular complexity index is 793. The molecule has 0 saturated heterocycles. The molecule has 1 aromatic heterocycles. The molecule has 2 N–H and O–H groups in total. The number of carbonyl (C=O) groups is 1. The van der Waals surface area contributed by atoms with Crippen molar-refractivity contribution in [2.24, 2.45) is 0 Å². The Hall–Kier alpha value is -2.27. The standard InChI is InChI=1S/C19H21N3OS/c1-13-7-9-15(10-8-13)24-14(2)19(23)20-12-11-18-21-16-5-3-4-6-17(16)22-18/h3-10,14H,11-12H2,1-2H3,(H,20,23)(H,21,22)/t14-/m0/s1. The number of imidazole rings is 1. The SMILES string of the molecule is Cc1ccc(S[C@@H](C)C(=O)NCCc2nc3ccccc3[nH]2)cc1. The van der Waals surface area contributed by atoms with E-state index < -0.39 is 0 Å². The molecule has 0 spiro atoms. The van der Waals surface area contributed by atoms with E-state index in [2.05, 4.69) is 46.5 Å². The van der Waals surface area contributed by atoms with Gasteiger partial charge in [-0.15, -0.1) is 11.8 Å². The van der Waals surface area contributed by atoms with Gasteiger partial charge in [0.05, 0.1) is 16.3 Å². The molecule has 0 fully saturated rings. The first-order valence-corrected chi connectivity index (χ1v) is 8.94. The molecule has 0 aliphatic heterocycles. The largest absolute Gasteiger partial charge is 0.355 e. The van der Waals surface area contributed by atoms with Crippen LogP contribution in [0.4, 0.5) is 0 Å². The van der Waals surface area contributed by atoms with Crippen molar-refractivity contribution >= 4 is 28.7 Å². The van der Waals surface area contributed by atoms with Crippen LogP contribution in [0, 0.1) is 6.92 Å². The third-order valence-corrected chi connectivity index (χ3v) is 4.91. The first-order valence-electron chi connectivity index (χ1n) is 8.06. The fourth-order valence-corrected chi connectivity index (χ4v) is 3.34. The minimum absolute atomic E-state index is 0.0525. The lowest BCUT2D eigenvalue weighted by Gasteiger charge is -2.11. The monoisotopic (exact) mass is 339 g/mol. The molecule has 4 nitrogen and oxygen atoms in total. The summed E-state index contributed by atoms with van der Waals surface area (Å²) >= 11 is 1.57. The third kappa shape index (κ3) is 4.17. The Balaban J connectivity index is 1.48. The second-order valence-corrected chi connectivity index (χ2v) is 7.23. The minimum Gasteiger partial charge on any atom is -0.355 e. The van der Waals surface area contributed by atoms with Gasteiger partial charge in [-0.25, -0.2) is 4.98 Å². The molecule has 3 aromatic rings. The highest BCUT2D eigenvalue weighted by Gasteiger charge is 2.14. The summed E-state index contributed by atoms with van der Waals surface area (Å²) in [5.74, 6) is 0.951. The van der Waals surface area contributed by atoms with E-state index in [4.69, 9.17) is 0 Å². The minimum atomic E-state index is -0.122. The van der Waals surface area contributed by atoms with Crippen LogP contribution in [0.2, 0.25) is 0 Å². The van der Waals surface area contributed by atoms with Crippen LogP contribution < -0.4 is 5.32 Å². The Labute approximate surface area is 146 Å². The van der Waals surface area contributed by atoms with Crippen molar-refractivity contribution in [3.05, 3.63) is 59.9 Å². The van der Waals surface area contributed by atoms with Gasteiger partial charge in [-0.1, -0.05) is 29.8 Å². The van der Waals surface area contributed by atoms with Gasteiger partial charge in [-0.2, -0.15) is 0 Å². The lowest BCUT2D eigenvalue weighted by Crippen LogP contribution is -2.32. The molecule has 1 amide bonds. The highest BCUT2D eigenvalue weighted by atomic mass is 32.2. The average Bonchev–Trinajstić information content (AvgIpc) is 2.99. The van der Waals surface area contributed by atoms with Crippen molar-refractivity contribution in [1.82, 2.24) is 15.3 Å². The number of thioether (sulfide) groups is 1. The first kappa shape index (κ1) is 16.6. The zero-order valence-electron chi connectivity index (χ0n) is 13.9. The van der Waals surface area contributed by atoms with Crippen LogP contribution in [0.15, 0.2) is 53.4 Å². The van der Waals surface area contributed by atoms with Crippen molar-refractivity contribution in [2.75, 3.05) is 6.54 Å². The molecule has 124 valence electrons. The van der Waals surface area contributed by atoms with Crippen LogP contribution >= 0.6 is 11.8 Å². The van der Waals surface area contributed by atoms with Crippen molar-refractivity contribution < 1.29 is 4.79 Å². The fourth-order valence-electron chi connectivity index (χ4n) is 2.45. The van der Waals surface area contributed by atoms with Crippen LogP contribution in [0.5, 0.6) is 0 Å². The van der Waals surface area contributed by atoms with Crippen molar-refractivity contribution in [3.8, 4) is 0 Å². The Kier molecular flexibility index (Phi) is 5.20. The molecular formula is C19H21N3OS. The highest BCUT2D eigenvalue weighted by molar-refractivity contribution is 8.00. The number of nitrogens with one attached hydrogen (secondary N) is 2. The van der Waals surface area contributed by atoms with E-state index in [1.165, 1.54) is 5.56 Å². The smallest absolute Gasteiger partial charge is 0.233 e. The average molecular weight is 339 g/mol. The van der Waals surface area contributed by atoms with Gasteiger partial charge in [-0.3, -0.25) is 4.79 Å². The van der Waals surface area contributed by atoms with E-state index in [0.29, 0.717) is 13.0 Å². The van der Waals surface area contributed by atoms with E-state index in [9.17, 15) is 4.79 Å². The summed E-state index contributed by atoms with van der Waals surface area (Å²) in [6.07, 6.45) is 0.697. The number of H-pyrrole nitrogens is 1. The summed E-state index contributed by atoms with van der Waals surface area (Å²) < 4.78 is 0. The molecule has 0 radical (unpaired) electrons. The molecule has 1 heterocycles. The first-order chi connectivity index (χ1) is 11.6. The van der Waals surface area contributed by atoms with Crippen LogP contribution in [-0.4, -0.2) is 27.7 Å². The number of benzene rings is 2. The lowest BCUT2D eigenvalue weighted by molar-refractivity contribution is -0.120. The van der Waals surface area contributed by atoms with Gasteiger partial charge < -0.3 is 10.3 Å². The van der Waals surface area contributed by atoms with E-state index in [-0.39, 0.29) is 11.2 Å². The summed E-state index contributed by atoms with van der Waals surface area (Å²) in [7, 11) is 0. The molecule has 0 aliphatic rings. The topological polar surface area (TPSA) is 57.8 Å². The predicted molar refractivity (Wildman–Crippen MR) is 99.3 cm³/mol. The van der Waals surface area contributed by atoms with E-state index in [0.717, 1.165) is 21.8 Å². The van der Waals surface area contributed by atoms with E-state index in [1.807, 2.05) is 31.2 Å². The van der Waals surface area contributed by atoms with E-state index in [1.54, 1.807) is 11.8 Å². The number of aromatic nitrogens is 2. The molecule has 24 heavy (non-hydrogen) atoms. The fraction of sp³-hybridized carbons (Fsp3) is 0.263. The van der Waals surface area contributed by atoms with Gasteiger partial charge in [0.25, 0.3) is 0 Å². The van der Waals surface area contributed by atoms with Crippen molar-refractivity contribution in [2.45, 2.75) is 30.4 Å². The maximum absolute atomic E-state index is 12.2. The molecule has 0 bridgehead atoms. The number of carbonyl (C=O) groups excluding carboxylic acids is 1. The zero-order valence-corrected chi connectivity index (χ0v) is 14.7. The number of aryl methyl sites for hydroxylation is 1. The lowest BCUT2D eigenvalue weighted by atomic mass is 10.2. The summed E-state index contributed by atoms with van der Waals surface area (Å²) in [4.78, 5) is 21.1. The molecule has 3 rings (SSSR count). The summed E-state index contributed by atoms with van der Waals surface area (Å²) in [6.45, 7) is 4.57. The van der Waals surface area contributed by atoms with Crippen LogP contribution in [0.3, 0.4) is 0 Å². The normalized spacial score (nSPS) is 12.2. The molecule has 0 unspecified atom stereocenters. The van der Waals surface area contributed by atoms with Crippen LogP contribution in [0.1, 0.15) is 18.3 Å². The number of fused-ring (bicyclic) bond motifs is 1. The van der Waals surface area contributed by atoms with Gasteiger partial charge in [0, 0.05) is 17.9 Å². The maximum Gasteiger partial charge on any atom is 0.233 e. The number of nitrogens with zero attached hydrogens (tertiary/aromatic N) is 1. The number of amides is 1. The highest BCUT2D eigenvalue weighted by Crippen LogP contribution is 2.23. The third-order valence-electron chi connectivity index (χ3n) is 3.80. The number of rotatable bonds is 6. The molecule has 0 aliphatic carbocycles. The van der Waals surface area contributed by atoms with Gasteiger partial charge in [0.1, 0.15) is 5.82 Å². The van der Waals surface area contributed by atoms with Gasteiger partial charge in [-0.05, 0) is 38.1 Å². The summed E-state index contributed by atoms with van der Waals surface area (Å²) in [5.41, 5.74) is 3.21. The Morgan fingerprint density at radius 2 is 1.96 bits per heavy atom. The molecule has 1 atom stereocenters. The van der Waals surface area contributed by atoms with Crippen LogP contribution in [-0.2, 0) is 11.2 Å². The second kappa shape index (κ2) is 7.53. The quantitative estimate of drug-likeness (QED) is 0.673. The molecule has 5 heteroatoms. The molecular weight excluding hydrogens is 318 g/mol. The Morgan fingerprint density at radius 3 is 2.71 bits per heavy atom. The summed E-state index contributed by atoms with van der Waals surface area (Å²) in [6, 6.07) is 16.2.